The van der Waals surface area contributed by atoms with Crippen LogP contribution in [0, 0.1) is 0 Å². The molecule has 0 spiro atoms. The zero-order chi connectivity index (χ0) is 24.5. The molecule has 0 amide bonds. The van der Waals surface area contributed by atoms with E-state index in [4.69, 9.17) is 18.9 Å². The summed E-state index contributed by atoms with van der Waals surface area (Å²) in [6.45, 7) is 8.36. The molecule has 0 unspecified atom stereocenters. The Morgan fingerprint density at radius 3 is 2.50 bits per heavy atom. The minimum absolute atomic E-state index is 0.0323. The second-order valence-corrected chi connectivity index (χ2v) is 7.94. The number of esters is 1. The summed E-state index contributed by atoms with van der Waals surface area (Å²) >= 11 is 1.19. The van der Waals surface area contributed by atoms with Gasteiger partial charge in [-0.25, -0.2) is 9.79 Å². The van der Waals surface area contributed by atoms with Gasteiger partial charge in [0.25, 0.3) is 0 Å². The summed E-state index contributed by atoms with van der Waals surface area (Å²) < 4.78 is 21.6. The van der Waals surface area contributed by atoms with E-state index in [0.29, 0.717) is 40.3 Å². The average Bonchev–Trinajstić information content (AvgIpc) is 3.14. The van der Waals surface area contributed by atoms with Crippen molar-refractivity contribution in [3.63, 3.8) is 0 Å². The predicted molar refractivity (Wildman–Crippen MR) is 135 cm³/mol. The summed E-state index contributed by atoms with van der Waals surface area (Å²) in [5.74, 6) is 1.03. The zero-order valence-electron chi connectivity index (χ0n) is 19.4. The van der Waals surface area contributed by atoms with Crippen LogP contribution in [-0.4, -0.2) is 43.0 Å². The standard InChI is InChI=1S/C26H27NO6S/c1-5-14-33-20-13-8-17(15-21(20)30-4)16-22-24(28)23(26(29)32-7-3)25(34-22)27-18-9-11-19(12-10-18)31-6-2/h5,8-13,15-16,28H,1,6-7,14H2,2-4H3/b22-16+,27-25?. The van der Waals surface area contributed by atoms with Crippen molar-refractivity contribution >= 4 is 34.5 Å². The first kappa shape index (κ1) is 25.0. The molecule has 2 aromatic carbocycles. The molecule has 34 heavy (non-hydrogen) atoms. The van der Waals surface area contributed by atoms with Gasteiger partial charge < -0.3 is 24.1 Å². The topological polar surface area (TPSA) is 86.6 Å². The molecule has 0 radical (unpaired) electrons. The number of hydrogen-bond donors (Lipinski definition) is 1. The molecule has 2 aromatic rings. The molecule has 178 valence electrons. The van der Waals surface area contributed by atoms with Crippen molar-refractivity contribution in [1.82, 2.24) is 0 Å². The number of benzene rings is 2. The van der Waals surface area contributed by atoms with Gasteiger partial charge in [-0.1, -0.05) is 30.5 Å². The Labute approximate surface area is 203 Å². The Kier molecular flexibility index (Phi) is 8.81. The predicted octanol–water partition coefficient (Wildman–Crippen LogP) is 5.85. The third-order valence-corrected chi connectivity index (χ3v) is 5.61. The van der Waals surface area contributed by atoms with E-state index in [1.807, 2.05) is 13.0 Å². The first-order chi connectivity index (χ1) is 16.5. The number of rotatable bonds is 10. The fourth-order valence-electron chi connectivity index (χ4n) is 3.09. The molecule has 1 heterocycles. The molecular weight excluding hydrogens is 454 g/mol. The van der Waals surface area contributed by atoms with E-state index in [9.17, 15) is 9.90 Å². The van der Waals surface area contributed by atoms with Gasteiger partial charge in [0.1, 0.15) is 28.7 Å². The quantitative estimate of drug-likeness (QED) is 0.336. The number of aliphatic imine (C=N–C) groups is 1. The van der Waals surface area contributed by atoms with Crippen molar-refractivity contribution < 1.29 is 28.8 Å². The normalized spacial score (nSPS) is 15.5. The maximum absolute atomic E-state index is 12.6. The van der Waals surface area contributed by atoms with Crippen LogP contribution in [0.5, 0.6) is 17.2 Å². The van der Waals surface area contributed by atoms with Gasteiger partial charge in [-0.15, -0.1) is 0 Å². The molecule has 3 rings (SSSR count). The Bertz CT molecular complexity index is 1130. The molecule has 1 aliphatic rings. The van der Waals surface area contributed by atoms with E-state index in [1.165, 1.54) is 11.8 Å². The molecule has 0 saturated carbocycles. The first-order valence-electron chi connectivity index (χ1n) is 10.7. The molecule has 0 fully saturated rings. The van der Waals surface area contributed by atoms with Gasteiger partial charge in [-0.3, -0.25) is 0 Å². The van der Waals surface area contributed by atoms with Crippen molar-refractivity contribution in [2.45, 2.75) is 13.8 Å². The van der Waals surface area contributed by atoms with Crippen LogP contribution >= 0.6 is 11.8 Å². The van der Waals surface area contributed by atoms with Crippen LogP contribution in [0.4, 0.5) is 5.69 Å². The van der Waals surface area contributed by atoms with Gasteiger partial charge in [0, 0.05) is 0 Å². The van der Waals surface area contributed by atoms with Gasteiger partial charge in [0.15, 0.2) is 11.5 Å². The number of hydrogen-bond acceptors (Lipinski definition) is 8. The van der Waals surface area contributed by atoms with Crippen LogP contribution in [0.2, 0.25) is 0 Å². The Morgan fingerprint density at radius 2 is 1.85 bits per heavy atom. The van der Waals surface area contributed by atoms with E-state index in [0.717, 1.165) is 11.3 Å². The van der Waals surface area contributed by atoms with Crippen LogP contribution in [0.3, 0.4) is 0 Å². The van der Waals surface area contributed by atoms with Crippen LogP contribution < -0.4 is 14.2 Å². The minimum atomic E-state index is -0.633. The van der Waals surface area contributed by atoms with E-state index in [1.54, 1.807) is 62.6 Å². The number of carbonyl (C=O) groups is 1. The Morgan fingerprint density at radius 1 is 1.09 bits per heavy atom. The van der Waals surface area contributed by atoms with Crippen molar-refractivity contribution in [3.8, 4) is 17.2 Å². The van der Waals surface area contributed by atoms with Crippen molar-refractivity contribution in [2.75, 3.05) is 26.9 Å². The lowest BCUT2D eigenvalue weighted by atomic mass is 10.1. The molecule has 1 aliphatic heterocycles. The lowest BCUT2D eigenvalue weighted by Crippen LogP contribution is -2.12. The highest BCUT2D eigenvalue weighted by Gasteiger charge is 2.33. The van der Waals surface area contributed by atoms with E-state index < -0.39 is 5.97 Å². The summed E-state index contributed by atoms with van der Waals surface area (Å²) in [7, 11) is 1.55. The highest BCUT2D eigenvalue weighted by molar-refractivity contribution is 8.18. The minimum Gasteiger partial charge on any atom is -0.506 e. The highest BCUT2D eigenvalue weighted by atomic mass is 32.2. The van der Waals surface area contributed by atoms with Crippen LogP contribution in [-0.2, 0) is 9.53 Å². The number of aliphatic hydroxyl groups is 1. The van der Waals surface area contributed by atoms with Crippen molar-refractivity contribution in [3.05, 3.63) is 76.9 Å². The second kappa shape index (κ2) is 12.0. The molecule has 0 saturated heterocycles. The van der Waals surface area contributed by atoms with Crippen LogP contribution in [0.1, 0.15) is 19.4 Å². The largest absolute Gasteiger partial charge is 0.506 e. The summed E-state index contributed by atoms with van der Waals surface area (Å²) in [5.41, 5.74) is 1.40. The van der Waals surface area contributed by atoms with Gasteiger partial charge in [0.2, 0.25) is 0 Å². The van der Waals surface area contributed by atoms with Crippen LogP contribution in [0.25, 0.3) is 6.08 Å². The lowest BCUT2D eigenvalue weighted by Gasteiger charge is -2.10. The summed E-state index contributed by atoms with van der Waals surface area (Å²) in [4.78, 5) is 17.7. The fraction of sp³-hybridized carbons (Fsp3) is 0.231. The lowest BCUT2D eigenvalue weighted by molar-refractivity contribution is -0.138. The van der Waals surface area contributed by atoms with E-state index >= 15 is 0 Å². The molecule has 7 nitrogen and oxygen atoms in total. The number of methoxy groups -OCH3 is 1. The molecule has 0 bridgehead atoms. The summed E-state index contributed by atoms with van der Waals surface area (Å²) in [6, 6.07) is 12.6. The first-order valence-corrected chi connectivity index (χ1v) is 11.6. The molecular formula is C26H27NO6S. The highest BCUT2D eigenvalue weighted by Crippen LogP contribution is 2.41. The molecule has 0 aromatic heterocycles. The molecule has 1 N–H and O–H groups in total. The van der Waals surface area contributed by atoms with E-state index in [2.05, 4.69) is 11.6 Å². The summed E-state index contributed by atoms with van der Waals surface area (Å²) in [5, 5.41) is 11.2. The third-order valence-electron chi connectivity index (χ3n) is 4.59. The van der Waals surface area contributed by atoms with Gasteiger partial charge in [-0.2, -0.15) is 0 Å². The maximum atomic E-state index is 12.6. The number of ether oxygens (including phenoxy) is 4. The van der Waals surface area contributed by atoms with Gasteiger partial charge in [0.05, 0.1) is 30.9 Å². The third kappa shape index (κ3) is 6.02. The maximum Gasteiger partial charge on any atom is 0.344 e. The van der Waals surface area contributed by atoms with Crippen molar-refractivity contribution in [2.24, 2.45) is 4.99 Å². The second-order valence-electron chi connectivity index (χ2n) is 6.91. The zero-order valence-corrected chi connectivity index (χ0v) is 20.2. The average molecular weight is 482 g/mol. The van der Waals surface area contributed by atoms with Gasteiger partial charge in [-0.05, 0) is 61.9 Å². The van der Waals surface area contributed by atoms with E-state index in [-0.39, 0.29) is 17.9 Å². The SMILES string of the molecule is C=CCOc1ccc(/C=C2/SC(=Nc3ccc(OCC)cc3)C(C(=O)OCC)=C2O)cc1OC. The smallest absolute Gasteiger partial charge is 0.344 e. The number of thioether (sulfide) groups is 1. The number of aliphatic hydroxyl groups excluding tert-OH is 1. The Hall–Kier alpha value is -3.65. The summed E-state index contributed by atoms with van der Waals surface area (Å²) in [6.07, 6.45) is 3.40. The fourth-order valence-corrected chi connectivity index (χ4v) is 4.12. The van der Waals surface area contributed by atoms with Crippen molar-refractivity contribution in [1.29, 1.82) is 0 Å². The number of nitrogens with zero attached hydrogens (tertiary/aromatic N) is 1. The monoisotopic (exact) mass is 481 g/mol. The molecule has 0 atom stereocenters. The molecule has 0 aliphatic carbocycles. The number of carbonyl (C=O) groups excluding carboxylic acids is 1. The Balaban J connectivity index is 1.96. The van der Waals surface area contributed by atoms with Gasteiger partial charge >= 0.3 is 5.97 Å². The van der Waals surface area contributed by atoms with Crippen LogP contribution in [0.15, 0.2) is 76.3 Å². The molecule has 8 heteroatoms.